The van der Waals surface area contributed by atoms with Crippen molar-refractivity contribution in [2.75, 3.05) is 46.4 Å². The van der Waals surface area contributed by atoms with E-state index in [1.807, 2.05) is 24.3 Å². The molecule has 4 rings (SSSR count). The van der Waals surface area contributed by atoms with Gasteiger partial charge in [0, 0.05) is 24.7 Å². The van der Waals surface area contributed by atoms with E-state index >= 15 is 0 Å². The van der Waals surface area contributed by atoms with Crippen molar-refractivity contribution in [3.05, 3.63) is 29.8 Å². The van der Waals surface area contributed by atoms with Gasteiger partial charge in [0.25, 0.3) is 0 Å². The highest BCUT2D eigenvalue weighted by molar-refractivity contribution is 5.92. The molecule has 1 aromatic carbocycles. The third kappa shape index (κ3) is 8.67. The summed E-state index contributed by atoms with van der Waals surface area (Å²) in [6, 6.07) is 6.95. The van der Waals surface area contributed by atoms with Crippen molar-refractivity contribution in [2.24, 2.45) is 5.92 Å². The number of nitrogens with zero attached hydrogens (tertiary/aromatic N) is 2. The fourth-order valence-electron chi connectivity index (χ4n) is 5.81. The van der Waals surface area contributed by atoms with Crippen molar-refractivity contribution in [3.63, 3.8) is 0 Å². The molecular formula is C29H46ClN3O3. The van der Waals surface area contributed by atoms with Crippen LogP contribution in [0.15, 0.2) is 24.3 Å². The number of amides is 1. The molecule has 36 heavy (non-hydrogen) atoms. The van der Waals surface area contributed by atoms with Crippen molar-refractivity contribution in [2.45, 2.75) is 76.8 Å². The molecular weight excluding hydrogens is 474 g/mol. The van der Waals surface area contributed by atoms with Gasteiger partial charge >= 0.3 is 0 Å². The number of hydrogen-bond acceptors (Lipinski definition) is 5. The minimum Gasteiger partial charge on any atom is -0.493 e. The minimum atomic E-state index is -0.0205. The van der Waals surface area contributed by atoms with E-state index in [1.165, 1.54) is 58.0 Å². The Balaban J connectivity index is 0.00000361. The summed E-state index contributed by atoms with van der Waals surface area (Å²) in [4.78, 5) is 17.6. The highest BCUT2D eigenvalue weighted by Crippen LogP contribution is 2.29. The molecule has 7 heteroatoms. The van der Waals surface area contributed by atoms with Crippen LogP contribution in [0.4, 0.5) is 0 Å². The van der Waals surface area contributed by atoms with E-state index < -0.39 is 0 Å². The molecule has 2 heterocycles. The quantitative estimate of drug-likeness (QED) is 0.457. The Kier molecular flexibility index (Phi) is 11.9. The molecule has 1 aromatic rings. The van der Waals surface area contributed by atoms with Gasteiger partial charge in [0.05, 0.1) is 7.11 Å². The molecule has 0 spiro atoms. The summed E-state index contributed by atoms with van der Waals surface area (Å²) in [6.07, 6.45) is 14.7. The van der Waals surface area contributed by atoms with Crippen LogP contribution in [0.1, 0.15) is 70.3 Å². The lowest BCUT2D eigenvalue weighted by molar-refractivity contribution is -0.117. The maximum atomic E-state index is 12.3. The fraction of sp³-hybridized carbons (Fsp3) is 0.690. The van der Waals surface area contributed by atoms with Gasteiger partial charge in [-0.3, -0.25) is 9.69 Å². The Morgan fingerprint density at radius 2 is 1.72 bits per heavy atom. The highest BCUT2D eigenvalue weighted by Gasteiger charge is 2.25. The van der Waals surface area contributed by atoms with Crippen molar-refractivity contribution >= 4 is 24.4 Å². The monoisotopic (exact) mass is 519 g/mol. The first-order chi connectivity index (χ1) is 17.1. The summed E-state index contributed by atoms with van der Waals surface area (Å²) >= 11 is 0. The number of nitrogens with one attached hydrogen (secondary N) is 1. The predicted molar refractivity (Wildman–Crippen MR) is 149 cm³/mol. The molecule has 1 aliphatic carbocycles. The predicted octanol–water partition coefficient (Wildman–Crippen LogP) is 5.15. The van der Waals surface area contributed by atoms with Crippen LogP contribution in [0.25, 0.3) is 6.08 Å². The molecule has 2 saturated heterocycles. The first-order valence-electron chi connectivity index (χ1n) is 13.9. The largest absolute Gasteiger partial charge is 0.493 e. The van der Waals surface area contributed by atoms with Crippen molar-refractivity contribution < 1.29 is 14.3 Å². The Morgan fingerprint density at radius 1 is 1.00 bits per heavy atom. The smallest absolute Gasteiger partial charge is 0.244 e. The summed E-state index contributed by atoms with van der Waals surface area (Å²) in [5, 5.41) is 3.14. The van der Waals surface area contributed by atoms with E-state index in [9.17, 15) is 4.79 Å². The van der Waals surface area contributed by atoms with Crippen LogP contribution >= 0.6 is 12.4 Å². The van der Waals surface area contributed by atoms with E-state index in [2.05, 4.69) is 22.0 Å². The zero-order chi connectivity index (χ0) is 24.5. The van der Waals surface area contributed by atoms with Gasteiger partial charge in [-0.15, -0.1) is 12.4 Å². The Bertz CT molecular complexity index is 827. The van der Waals surface area contributed by atoms with Gasteiger partial charge in [-0.25, -0.2) is 0 Å². The first-order valence-corrected chi connectivity index (χ1v) is 13.9. The molecule has 1 N–H and O–H groups in total. The third-order valence-electron chi connectivity index (χ3n) is 8.11. The number of methoxy groups -OCH3 is 1. The number of ether oxygens (including phenoxy) is 2. The third-order valence-corrected chi connectivity index (χ3v) is 8.11. The lowest BCUT2D eigenvalue weighted by atomic mass is 9.87. The minimum absolute atomic E-state index is 0. The van der Waals surface area contributed by atoms with Crippen molar-refractivity contribution in [1.29, 1.82) is 0 Å². The summed E-state index contributed by atoms with van der Waals surface area (Å²) in [7, 11) is 1.66. The van der Waals surface area contributed by atoms with Gasteiger partial charge in [-0.1, -0.05) is 19.4 Å². The average molecular weight is 520 g/mol. The topological polar surface area (TPSA) is 54.0 Å². The lowest BCUT2D eigenvalue weighted by Crippen LogP contribution is -2.47. The summed E-state index contributed by atoms with van der Waals surface area (Å²) in [6.45, 7) is 8.80. The van der Waals surface area contributed by atoms with E-state index in [-0.39, 0.29) is 18.3 Å². The van der Waals surface area contributed by atoms with Crippen LogP contribution in [0.3, 0.4) is 0 Å². The highest BCUT2D eigenvalue weighted by atomic mass is 35.5. The Morgan fingerprint density at radius 3 is 2.42 bits per heavy atom. The first kappa shape index (κ1) is 28.8. The summed E-state index contributed by atoms with van der Waals surface area (Å²) < 4.78 is 11.7. The van der Waals surface area contributed by atoms with Gasteiger partial charge in [0.15, 0.2) is 11.5 Å². The molecule has 2 aliphatic heterocycles. The number of rotatable bonds is 9. The number of carbonyl (C=O) groups excluding carboxylic acids is 1. The fourth-order valence-corrected chi connectivity index (χ4v) is 5.81. The van der Waals surface area contributed by atoms with Gasteiger partial charge in [0.1, 0.15) is 6.61 Å². The molecule has 3 aliphatic rings. The van der Waals surface area contributed by atoms with E-state index in [4.69, 9.17) is 9.47 Å². The van der Waals surface area contributed by atoms with E-state index in [1.54, 1.807) is 13.2 Å². The molecule has 3 fully saturated rings. The second kappa shape index (κ2) is 14.8. The molecule has 0 atom stereocenters. The SMILES string of the molecule is COc1cc(C=CC(=O)NC2CCC(C)CC2)ccc1OCCN1CCC(N2CCCCC2)CC1.Cl. The molecule has 0 unspecified atom stereocenters. The zero-order valence-electron chi connectivity index (χ0n) is 22.3. The normalized spacial score (nSPS) is 24.3. The number of carbonyl (C=O) groups is 1. The van der Waals surface area contributed by atoms with Crippen LogP contribution in [0.5, 0.6) is 11.5 Å². The Labute approximate surface area is 224 Å². The van der Waals surface area contributed by atoms with Crippen LogP contribution in [-0.4, -0.2) is 74.2 Å². The van der Waals surface area contributed by atoms with Crippen molar-refractivity contribution in [3.8, 4) is 11.5 Å². The second-order valence-corrected chi connectivity index (χ2v) is 10.7. The molecule has 0 aromatic heterocycles. The van der Waals surface area contributed by atoms with Crippen LogP contribution in [-0.2, 0) is 4.79 Å². The molecule has 0 bridgehead atoms. The molecule has 6 nitrogen and oxygen atoms in total. The molecule has 0 radical (unpaired) electrons. The van der Waals surface area contributed by atoms with Crippen LogP contribution in [0.2, 0.25) is 0 Å². The standard InChI is InChI=1S/C29H45N3O3.ClH/c1-23-6-10-25(11-7-23)30-29(33)13-9-24-8-12-27(28(22-24)34-2)35-21-20-31-18-14-26(15-19-31)32-16-4-3-5-17-32;/h8-9,12-13,22-23,25-26H,3-7,10-11,14-21H2,1-2H3,(H,30,33);1H. The number of piperidine rings is 2. The number of likely N-dealkylation sites (tertiary alicyclic amines) is 2. The number of hydrogen-bond donors (Lipinski definition) is 1. The van der Waals surface area contributed by atoms with Crippen LogP contribution in [0, 0.1) is 5.92 Å². The lowest BCUT2D eigenvalue weighted by Gasteiger charge is -2.40. The Hall–Kier alpha value is -1.76. The van der Waals surface area contributed by atoms with Crippen LogP contribution < -0.4 is 14.8 Å². The summed E-state index contributed by atoms with van der Waals surface area (Å²) in [5.74, 6) is 2.22. The van der Waals surface area contributed by atoms with Gasteiger partial charge in [-0.05, 0) is 107 Å². The maximum Gasteiger partial charge on any atom is 0.244 e. The molecule has 1 amide bonds. The van der Waals surface area contributed by atoms with E-state index in [0.717, 1.165) is 55.7 Å². The second-order valence-electron chi connectivity index (χ2n) is 10.7. The summed E-state index contributed by atoms with van der Waals surface area (Å²) in [5.41, 5.74) is 0.932. The van der Waals surface area contributed by atoms with Crippen molar-refractivity contribution in [1.82, 2.24) is 15.1 Å². The average Bonchev–Trinajstić information content (AvgIpc) is 2.90. The number of benzene rings is 1. The van der Waals surface area contributed by atoms with Gasteiger partial charge < -0.3 is 19.7 Å². The zero-order valence-corrected chi connectivity index (χ0v) is 23.1. The maximum absolute atomic E-state index is 12.3. The van der Waals surface area contributed by atoms with Gasteiger partial charge in [-0.2, -0.15) is 0 Å². The van der Waals surface area contributed by atoms with E-state index in [0.29, 0.717) is 18.4 Å². The molecule has 1 saturated carbocycles. The number of halogens is 1. The van der Waals surface area contributed by atoms with Gasteiger partial charge in [0.2, 0.25) is 5.91 Å². The molecule has 202 valence electrons.